The number of aryl methyl sites for hydroxylation is 1. The summed E-state index contributed by atoms with van der Waals surface area (Å²) in [5.74, 6) is 1.77. The summed E-state index contributed by atoms with van der Waals surface area (Å²) in [4.78, 5) is 8.41. The van der Waals surface area contributed by atoms with Crippen molar-refractivity contribution in [2.24, 2.45) is 0 Å². The molecule has 0 N–H and O–H groups in total. The van der Waals surface area contributed by atoms with Crippen LogP contribution in [0.5, 0.6) is 5.75 Å². The van der Waals surface area contributed by atoms with Crippen LogP contribution in [0, 0.1) is 6.92 Å². The van der Waals surface area contributed by atoms with Crippen LogP contribution in [-0.4, -0.2) is 15.1 Å². The molecule has 0 unspecified atom stereocenters. The van der Waals surface area contributed by atoms with E-state index in [1.165, 1.54) is 0 Å². The Balaban J connectivity index is 1.79. The Labute approximate surface area is 122 Å². The lowest BCUT2D eigenvalue weighted by atomic mass is 10.2. The van der Waals surface area contributed by atoms with Gasteiger partial charge in [-0.3, -0.25) is 4.98 Å². The molecule has 1 atom stereocenters. The van der Waals surface area contributed by atoms with Gasteiger partial charge in [0.1, 0.15) is 5.75 Å². The molecule has 5 heteroatoms. The van der Waals surface area contributed by atoms with E-state index in [2.05, 4.69) is 15.1 Å². The van der Waals surface area contributed by atoms with Crippen LogP contribution in [0.25, 0.3) is 11.4 Å². The quantitative estimate of drug-likeness (QED) is 0.731. The predicted molar refractivity (Wildman–Crippen MR) is 77.8 cm³/mol. The fourth-order valence-corrected chi connectivity index (χ4v) is 1.94. The first kappa shape index (κ1) is 13.3. The Morgan fingerprint density at radius 2 is 2.00 bits per heavy atom. The normalized spacial score (nSPS) is 12.1. The van der Waals surface area contributed by atoms with Crippen LogP contribution in [0.2, 0.25) is 0 Å². The Morgan fingerprint density at radius 3 is 2.76 bits per heavy atom. The lowest BCUT2D eigenvalue weighted by Crippen LogP contribution is -2.04. The van der Waals surface area contributed by atoms with Gasteiger partial charge in [0.2, 0.25) is 5.82 Å². The van der Waals surface area contributed by atoms with E-state index >= 15 is 0 Å². The molecule has 0 saturated heterocycles. The highest BCUT2D eigenvalue weighted by molar-refractivity contribution is 5.51. The smallest absolute Gasteiger partial charge is 0.267 e. The maximum Gasteiger partial charge on any atom is 0.267 e. The van der Waals surface area contributed by atoms with E-state index < -0.39 is 0 Å². The number of ether oxygens (including phenoxy) is 1. The number of aromatic nitrogens is 3. The minimum Gasteiger partial charge on any atom is -0.481 e. The van der Waals surface area contributed by atoms with E-state index in [1.807, 2.05) is 50.2 Å². The van der Waals surface area contributed by atoms with E-state index in [9.17, 15) is 0 Å². The highest BCUT2D eigenvalue weighted by Crippen LogP contribution is 2.25. The summed E-state index contributed by atoms with van der Waals surface area (Å²) >= 11 is 0. The number of nitrogens with zero attached hydrogens (tertiary/aromatic N) is 3. The fraction of sp³-hybridized carbons (Fsp3) is 0.188. The monoisotopic (exact) mass is 281 g/mol. The Kier molecular flexibility index (Phi) is 3.64. The van der Waals surface area contributed by atoms with E-state index in [-0.39, 0.29) is 6.10 Å². The molecule has 106 valence electrons. The van der Waals surface area contributed by atoms with Crippen LogP contribution >= 0.6 is 0 Å². The van der Waals surface area contributed by atoms with Crippen LogP contribution in [-0.2, 0) is 0 Å². The number of pyridine rings is 1. The second-order valence-corrected chi connectivity index (χ2v) is 4.72. The van der Waals surface area contributed by atoms with E-state index in [0.29, 0.717) is 11.7 Å². The zero-order chi connectivity index (χ0) is 14.7. The Morgan fingerprint density at radius 1 is 1.14 bits per heavy atom. The maximum atomic E-state index is 5.87. The van der Waals surface area contributed by atoms with Crippen LogP contribution in [0.1, 0.15) is 24.5 Å². The molecule has 0 aliphatic rings. The van der Waals surface area contributed by atoms with Crippen molar-refractivity contribution in [3.63, 3.8) is 0 Å². The molecule has 0 spiro atoms. The molecule has 2 aromatic heterocycles. The number of rotatable bonds is 4. The van der Waals surface area contributed by atoms with Gasteiger partial charge in [-0.15, -0.1) is 0 Å². The van der Waals surface area contributed by atoms with Crippen molar-refractivity contribution in [1.29, 1.82) is 0 Å². The Bertz CT molecular complexity index is 725. The SMILES string of the molecule is Cc1ccccc1O[C@@H](C)c1nc(-c2cccnc2)no1. The van der Waals surface area contributed by atoms with Gasteiger partial charge in [0.15, 0.2) is 6.10 Å². The summed E-state index contributed by atoms with van der Waals surface area (Å²) < 4.78 is 11.1. The molecule has 3 aromatic rings. The molecule has 5 nitrogen and oxygen atoms in total. The molecule has 21 heavy (non-hydrogen) atoms. The lowest BCUT2D eigenvalue weighted by molar-refractivity contribution is 0.175. The van der Waals surface area contributed by atoms with Gasteiger partial charge in [0.25, 0.3) is 5.89 Å². The maximum absolute atomic E-state index is 5.87. The Hall–Kier alpha value is -2.69. The number of hydrogen-bond acceptors (Lipinski definition) is 5. The first-order chi connectivity index (χ1) is 10.2. The number of hydrogen-bond donors (Lipinski definition) is 0. The molecular weight excluding hydrogens is 266 g/mol. The average molecular weight is 281 g/mol. The molecule has 0 radical (unpaired) electrons. The van der Waals surface area contributed by atoms with E-state index in [0.717, 1.165) is 16.9 Å². The van der Waals surface area contributed by atoms with Gasteiger partial charge in [-0.05, 0) is 37.6 Å². The van der Waals surface area contributed by atoms with Gasteiger partial charge < -0.3 is 9.26 Å². The first-order valence-electron chi connectivity index (χ1n) is 6.70. The largest absolute Gasteiger partial charge is 0.481 e. The molecule has 0 bridgehead atoms. The molecule has 2 heterocycles. The van der Waals surface area contributed by atoms with Crippen molar-refractivity contribution >= 4 is 0 Å². The molecule has 0 fully saturated rings. The third-order valence-electron chi connectivity index (χ3n) is 3.11. The molecule has 0 amide bonds. The number of benzene rings is 1. The standard InChI is InChI=1S/C16H15N3O2/c1-11-6-3-4-8-14(11)20-12(2)16-18-15(19-21-16)13-7-5-9-17-10-13/h3-10,12H,1-2H3/t12-/m0/s1. The van der Waals surface area contributed by atoms with Crippen molar-refractivity contribution in [1.82, 2.24) is 15.1 Å². The fourth-order valence-electron chi connectivity index (χ4n) is 1.94. The van der Waals surface area contributed by atoms with Crippen molar-refractivity contribution < 1.29 is 9.26 Å². The summed E-state index contributed by atoms with van der Waals surface area (Å²) in [6, 6.07) is 11.5. The van der Waals surface area contributed by atoms with Crippen molar-refractivity contribution in [3.05, 3.63) is 60.2 Å². The zero-order valence-corrected chi connectivity index (χ0v) is 11.9. The molecular formula is C16H15N3O2. The number of para-hydroxylation sites is 1. The summed E-state index contributed by atoms with van der Waals surface area (Å²) in [6.07, 6.45) is 3.08. The summed E-state index contributed by atoms with van der Waals surface area (Å²) in [5.41, 5.74) is 1.88. The van der Waals surface area contributed by atoms with Crippen LogP contribution in [0.15, 0.2) is 53.3 Å². The second kappa shape index (κ2) is 5.75. The third-order valence-corrected chi connectivity index (χ3v) is 3.11. The van der Waals surface area contributed by atoms with Gasteiger partial charge in [0.05, 0.1) is 0 Å². The van der Waals surface area contributed by atoms with Gasteiger partial charge >= 0.3 is 0 Å². The lowest BCUT2D eigenvalue weighted by Gasteiger charge is -2.12. The summed E-state index contributed by atoms with van der Waals surface area (Å²) in [6.45, 7) is 3.88. The molecule has 3 rings (SSSR count). The van der Waals surface area contributed by atoms with Crippen LogP contribution < -0.4 is 4.74 Å². The van der Waals surface area contributed by atoms with Crippen molar-refractivity contribution in [2.45, 2.75) is 20.0 Å². The van der Waals surface area contributed by atoms with Gasteiger partial charge in [-0.25, -0.2) is 0 Å². The van der Waals surface area contributed by atoms with Crippen molar-refractivity contribution in [2.75, 3.05) is 0 Å². The predicted octanol–water partition coefficient (Wildman–Crippen LogP) is 3.58. The molecule has 0 aliphatic carbocycles. The minimum atomic E-state index is -0.316. The summed E-state index contributed by atoms with van der Waals surface area (Å²) in [5, 5.41) is 3.97. The van der Waals surface area contributed by atoms with Gasteiger partial charge in [-0.1, -0.05) is 23.4 Å². The highest BCUT2D eigenvalue weighted by Gasteiger charge is 2.17. The average Bonchev–Trinajstić information content (AvgIpc) is 3.00. The molecule has 0 aliphatic heterocycles. The van der Waals surface area contributed by atoms with Gasteiger partial charge in [-0.2, -0.15) is 4.98 Å². The minimum absolute atomic E-state index is 0.316. The highest BCUT2D eigenvalue weighted by atomic mass is 16.5. The van der Waals surface area contributed by atoms with Gasteiger partial charge in [0, 0.05) is 18.0 Å². The molecule has 1 aromatic carbocycles. The first-order valence-corrected chi connectivity index (χ1v) is 6.70. The topological polar surface area (TPSA) is 61.0 Å². The van der Waals surface area contributed by atoms with E-state index in [4.69, 9.17) is 9.26 Å². The van der Waals surface area contributed by atoms with Crippen LogP contribution in [0.4, 0.5) is 0 Å². The third kappa shape index (κ3) is 2.91. The second-order valence-electron chi connectivity index (χ2n) is 4.72. The van der Waals surface area contributed by atoms with E-state index in [1.54, 1.807) is 12.4 Å². The summed E-state index contributed by atoms with van der Waals surface area (Å²) in [7, 11) is 0. The van der Waals surface area contributed by atoms with Crippen LogP contribution in [0.3, 0.4) is 0 Å². The zero-order valence-electron chi connectivity index (χ0n) is 11.9. The molecule has 0 saturated carbocycles. The van der Waals surface area contributed by atoms with Crippen molar-refractivity contribution in [3.8, 4) is 17.1 Å².